The lowest BCUT2D eigenvalue weighted by Gasteiger charge is -2.17. The molecular weight excluding hydrogens is 239 g/mol. The maximum atomic E-state index is 13.9. The van der Waals surface area contributed by atoms with E-state index < -0.39 is 0 Å². The minimum absolute atomic E-state index is 0.00840. The van der Waals surface area contributed by atoms with Gasteiger partial charge in [0.25, 0.3) is 0 Å². The lowest BCUT2D eigenvalue weighted by atomic mass is 9.86. The molecule has 0 aromatic rings. The van der Waals surface area contributed by atoms with Gasteiger partial charge >= 0.3 is 0 Å². The van der Waals surface area contributed by atoms with Crippen molar-refractivity contribution in [1.82, 2.24) is 0 Å². The van der Waals surface area contributed by atoms with E-state index in [1.165, 1.54) is 0 Å². The second-order valence-electron chi connectivity index (χ2n) is 5.06. The molecule has 0 aromatic carbocycles. The van der Waals surface area contributed by atoms with Gasteiger partial charge in [0.1, 0.15) is 5.83 Å². The fraction of sp³-hybridized carbons (Fsp3) is 0.588. The minimum atomic E-state index is -0.367. The average molecular weight is 266 g/mol. The highest BCUT2D eigenvalue weighted by Gasteiger charge is 2.22. The molecule has 0 aliphatic rings. The first-order chi connectivity index (χ1) is 8.90. The highest BCUT2D eigenvalue weighted by atomic mass is 19.1. The van der Waals surface area contributed by atoms with Crippen molar-refractivity contribution in [2.75, 3.05) is 0 Å². The van der Waals surface area contributed by atoms with E-state index in [9.17, 15) is 9.18 Å². The predicted molar refractivity (Wildman–Crippen MR) is 80.7 cm³/mol. The predicted octanol–water partition coefficient (Wildman–Crippen LogP) is 5.54. The van der Waals surface area contributed by atoms with Crippen LogP contribution in [0.5, 0.6) is 0 Å². The van der Waals surface area contributed by atoms with E-state index >= 15 is 0 Å². The van der Waals surface area contributed by atoms with Gasteiger partial charge in [-0.05, 0) is 44.8 Å². The normalized spacial score (nSPS) is 13.5. The third-order valence-electron chi connectivity index (χ3n) is 3.31. The average Bonchev–Trinajstić information content (AvgIpc) is 2.37. The Bertz CT molecular complexity index is 382. The van der Waals surface area contributed by atoms with E-state index in [0.29, 0.717) is 16.7 Å². The maximum absolute atomic E-state index is 13.9. The quantitative estimate of drug-likeness (QED) is 0.416. The molecule has 1 nitrogen and oxygen atoms in total. The molecule has 2 heteroatoms. The lowest BCUT2D eigenvalue weighted by molar-refractivity contribution is -0.119. The summed E-state index contributed by atoms with van der Waals surface area (Å²) < 4.78 is 13.9. The van der Waals surface area contributed by atoms with Crippen molar-refractivity contribution in [3.05, 3.63) is 35.2 Å². The van der Waals surface area contributed by atoms with E-state index in [0.717, 1.165) is 25.7 Å². The first-order valence-electron chi connectivity index (χ1n) is 7.13. The van der Waals surface area contributed by atoms with Gasteiger partial charge in [-0.1, -0.05) is 39.3 Å². The molecule has 0 rings (SSSR count). The number of Topliss-reactive ketones (excluding diaryl/α,β-unsaturated/α-hetero) is 1. The zero-order valence-corrected chi connectivity index (χ0v) is 13.0. The summed E-state index contributed by atoms with van der Waals surface area (Å²) in [5.41, 5.74) is 1.29. The SMILES string of the molecule is C=C(C)/C(F)=C(C)\C(=C/C)C(=O)C(CCC)CCC. The topological polar surface area (TPSA) is 17.1 Å². The van der Waals surface area contributed by atoms with E-state index in [1.54, 1.807) is 26.8 Å². The molecule has 0 saturated carbocycles. The number of allylic oxidation sites excluding steroid dienone is 5. The van der Waals surface area contributed by atoms with Crippen LogP contribution in [0.4, 0.5) is 4.39 Å². The fourth-order valence-electron chi connectivity index (χ4n) is 2.31. The molecule has 0 atom stereocenters. The third kappa shape index (κ3) is 5.14. The van der Waals surface area contributed by atoms with Crippen LogP contribution < -0.4 is 0 Å². The Labute approximate surface area is 117 Å². The van der Waals surface area contributed by atoms with Crippen LogP contribution in [-0.2, 0) is 4.79 Å². The summed E-state index contributed by atoms with van der Waals surface area (Å²) in [6, 6.07) is 0. The van der Waals surface area contributed by atoms with Gasteiger partial charge in [0, 0.05) is 11.5 Å². The largest absolute Gasteiger partial charge is 0.294 e. The van der Waals surface area contributed by atoms with Crippen LogP contribution in [-0.4, -0.2) is 5.78 Å². The highest BCUT2D eigenvalue weighted by Crippen LogP contribution is 2.26. The minimum Gasteiger partial charge on any atom is -0.294 e. The van der Waals surface area contributed by atoms with Crippen LogP contribution >= 0.6 is 0 Å². The summed E-state index contributed by atoms with van der Waals surface area (Å²) in [4.78, 5) is 12.5. The standard InChI is InChI=1S/C17H27FO/c1-7-10-14(11-8-2)17(19)15(9-3)13(6)16(18)12(4)5/h9,14H,4,7-8,10-11H2,1-3,5-6H3/b15-9+,16-13+. The monoisotopic (exact) mass is 266 g/mol. The Morgan fingerprint density at radius 1 is 1.21 bits per heavy atom. The van der Waals surface area contributed by atoms with Gasteiger partial charge in [0.15, 0.2) is 5.78 Å². The first kappa shape index (κ1) is 17.8. The van der Waals surface area contributed by atoms with Crippen molar-refractivity contribution in [3.63, 3.8) is 0 Å². The van der Waals surface area contributed by atoms with Crippen molar-refractivity contribution in [2.45, 2.75) is 60.3 Å². The Hall–Kier alpha value is -1.18. The molecule has 0 aliphatic heterocycles. The maximum Gasteiger partial charge on any atom is 0.165 e. The van der Waals surface area contributed by atoms with E-state index in [4.69, 9.17) is 0 Å². The number of halogens is 1. The molecule has 0 spiro atoms. The van der Waals surface area contributed by atoms with Gasteiger partial charge in [0.2, 0.25) is 0 Å². The summed E-state index contributed by atoms with van der Waals surface area (Å²) in [6.07, 6.45) is 5.40. The second kappa shape index (κ2) is 8.84. The van der Waals surface area contributed by atoms with Gasteiger partial charge < -0.3 is 0 Å². The number of hydrogen-bond donors (Lipinski definition) is 0. The van der Waals surface area contributed by atoms with Crippen LogP contribution in [0.25, 0.3) is 0 Å². The Kier molecular flexibility index (Phi) is 8.29. The van der Waals surface area contributed by atoms with Crippen molar-refractivity contribution in [1.29, 1.82) is 0 Å². The lowest BCUT2D eigenvalue weighted by Crippen LogP contribution is -2.17. The van der Waals surface area contributed by atoms with E-state index in [-0.39, 0.29) is 17.5 Å². The van der Waals surface area contributed by atoms with Gasteiger partial charge in [0.05, 0.1) is 0 Å². The van der Waals surface area contributed by atoms with E-state index in [2.05, 4.69) is 20.4 Å². The Morgan fingerprint density at radius 2 is 1.68 bits per heavy atom. The number of hydrogen-bond acceptors (Lipinski definition) is 1. The van der Waals surface area contributed by atoms with Gasteiger partial charge in [-0.25, -0.2) is 4.39 Å². The zero-order chi connectivity index (χ0) is 15.0. The fourth-order valence-corrected chi connectivity index (χ4v) is 2.31. The molecule has 0 aliphatic carbocycles. The van der Waals surface area contributed by atoms with E-state index in [1.807, 2.05) is 0 Å². The summed E-state index contributed by atoms with van der Waals surface area (Å²) >= 11 is 0. The van der Waals surface area contributed by atoms with Gasteiger partial charge in [-0.3, -0.25) is 4.79 Å². The highest BCUT2D eigenvalue weighted by molar-refractivity contribution is 6.01. The number of rotatable bonds is 8. The van der Waals surface area contributed by atoms with Crippen LogP contribution in [0.1, 0.15) is 60.3 Å². The molecule has 0 amide bonds. The Balaban J connectivity index is 5.32. The van der Waals surface area contributed by atoms with Crippen molar-refractivity contribution in [3.8, 4) is 0 Å². The molecule has 0 radical (unpaired) electrons. The number of carbonyl (C=O) groups is 1. The molecule has 0 aromatic heterocycles. The number of ketones is 1. The Morgan fingerprint density at radius 3 is 2.00 bits per heavy atom. The van der Waals surface area contributed by atoms with Crippen LogP contribution in [0.3, 0.4) is 0 Å². The summed E-state index contributed by atoms with van der Waals surface area (Å²) in [6.45, 7) is 12.8. The van der Waals surface area contributed by atoms with Crippen molar-refractivity contribution in [2.24, 2.45) is 5.92 Å². The molecule has 0 unspecified atom stereocenters. The molecule has 0 fully saturated rings. The molecule has 0 saturated heterocycles. The summed E-state index contributed by atoms with van der Waals surface area (Å²) in [7, 11) is 0. The van der Waals surface area contributed by atoms with Crippen LogP contribution in [0.2, 0.25) is 0 Å². The number of carbonyl (C=O) groups excluding carboxylic acids is 1. The molecule has 108 valence electrons. The van der Waals surface area contributed by atoms with Crippen LogP contribution in [0, 0.1) is 5.92 Å². The van der Waals surface area contributed by atoms with Gasteiger partial charge in [-0.2, -0.15) is 0 Å². The third-order valence-corrected chi connectivity index (χ3v) is 3.31. The van der Waals surface area contributed by atoms with Crippen molar-refractivity contribution >= 4 is 5.78 Å². The molecule has 0 bridgehead atoms. The molecule has 0 N–H and O–H groups in total. The second-order valence-corrected chi connectivity index (χ2v) is 5.06. The van der Waals surface area contributed by atoms with Crippen molar-refractivity contribution < 1.29 is 9.18 Å². The molecule has 0 heterocycles. The van der Waals surface area contributed by atoms with Gasteiger partial charge in [-0.15, -0.1) is 0 Å². The zero-order valence-electron chi connectivity index (χ0n) is 13.0. The molecule has 19 heavy (non-hydrogen) atoms. The smallest absolute Gasteiger partial charge is 0.165 e. The first-order valence-corrected chi connectivity index (χ1v) is 7.13. The summed E-state index contributed by atoms with van der Waals surface area (Å²) in [5.74, 6) is -0.289. The summed E-state index contributed by atoms with van der Waals surface area (Å²) in [5, 5.41) is 0. The van der Waals surface area contributed by atoms with Crippen LogP contribution in [0.15, 0.2) is 35.2 Å². The molecular formula is C17H27FO.